The van der Waals surface area contributed by atoms with E-state index in [1.54, 1.807) is 24.3 Å². The summed E-state index contributed by atoms with van der Waals surface area (Å²) >= 11 is 0. The quantitative estimate of drug-likeness (QED) is 0.543. The van der Waals surface area contributed by atoms with E-state index in [4.69, 9.17) is 5.73 Å². The highest BCUT2D eigenvalue weighted by atomic mass is 19.4. The van der Waals surface area contributed by atoms with Gasteiger partial charge in [0.25, 0.3) is 5.91 Å². The van der Waals surface area contributed by atoms with Crippen molar-refractivity contribution in [3.63, 3.8) is 0 Å². The van der Waals surface area contributed by atoms with E-state index in [-0.39, 0.29) is 12.2 Å². The summed E-state index contributed by atoms with van der Waals surface area (Å²) in [5.41, 5.74) is 7.74. The predicted octanol–water partition coefficient (Wildman–Crippen LogP) is 4.23. The number of nitrogens with two attached hydrogens (primary N) is 1. The van der Waals surface area contributed by atoms with Gasteiger partial charge in [0.15, 0.2) is 0 Å². The second-order valence-electron chi connectivity index (χ2n) is 10.1. The maximum Gasteiger partial charge on any atom is 0.408 e. The molecular formula is C27H32F3N5O3. The summed E-state index contributed by atoms with van der Waals surface area (Å²) in [6, 6.07) is 5.72. The van der Waals surface area contributed by atoms with Crippen LogP contribution in [0.1, 0.15) is 43.2 Å². The smallest absolute Gasteiger partial charge is 0.384 e. The number of para-hydroxylation sites is 1. The van der Waals surface area contributed by atoms with Crippen LogP contribution in [0.2, 0.25) is 0 Å². The number of alkyl halides is 3. The van der Waals surface area contributed by atoms with Gasteiger partial charge in [-0.3, -0.25) is 14.5 Å². The van der Waals surface area contributed by atoms with E-state index < -0.39 is 47.9 Å². The van der Waals surface area contributed by atoms with E-state index in [1.165, 1.54) is 18.1 Å². The van der Waals surface area contributed by atoms with Gasteiger partial charge in [0.1, 0.15) is 17.9 Å². The third-order valence-electron chi connectivity index (χ3n) is 7.55. The van der Waals surface area contributed by atoms with Crippen LogP contribution < -0.4 is 16.0 Å². The number of halogens is 3. The van der Waals surface area contributed by atoms with Crippen LogP contribution in [0.3, 0.4) is 0 Å². The molecule has 3 N–H and O–H groups in total. The Hall–Kier alpha value is -3.63. The van der Waals surface area contributed by atoms with Crippen molar-refractivity contribution in [1.82, 2.24) is 15.2 Å². The monoisotopic (exact) mass is 531 g/mol. The number of nitrogens with one attached hydrogen (secondary N) is 1. The number of urea groups is 1. The number of nitrogens with zero attached hydrogens (tertiary/aromatic N) is 3. The Labute approximate surface area is 219 Å². The van der Waals surface area contributed by atoms with Gasteiger partial charge in [-0.2, -0.15) is 13.2 Å². The van der Waals surface area contributed by atoms with E-state index in [1.807, 2.05) is 19.1 Å². The first-order chi connectivity index (χ1) is 18.0. The molecule has 1 aromatic heterocycles. The fraction of sp³-hybridized carbons (Fsp3) is 0.481. The summed E-state index contributed by atoms with van der Waals surface area (Å²) in [5.74, 6) is -2.77. The Bertz CT molecular complexity index is 1200. The zero-order valence-electron chi connectivity index (χ0n) is 21.4. The maximum atomic E-state index is 14.0. The van der Waals surface area contributed by atoms with Crippen LogP contribution in [0, 0.1) is 18.8 Å². The molecule has 0 spiro atoms. The van der Waals surface area contributed by atoms with Gasteiger partial charge in [-0.05, 0) is 61.4 Å². The number of rotatable bonds is 6. The van der Waals surface area contributed by atoms with Crippen LogP contribution in [0.4, 0.5) is 29.5 Å². The van der Waals surface area contributed by atoms with E-state index in [9.17, 15) is 27.6 Å². The lowest BCUT2D eigenvalue weighted by Crippen LogP contribution is -2.71. The Balaban J connectivity index is 1.62. The molecule has 1 aliphatic heterocycles. The van der Waals surface area contributed by atoms with Gasteiger partial charge in [0.2, 0.25) is 5.91 Å². The van der Waals surface area contributed by atoms with E-state index >= 15 is 0 Å². The molecule has 0 bridgehead atoms. The van der Waals surface area contributed by atoms with Crippen molar-refractivity contribution in [2.24, 2.45) is 11.8 Å². The third-order valence-corrected chi connectivity index (χ3v) is 7.55. The molecule has 4 rings (SSSR count). The lowest BCUT2D eigenvalue weighted by molar-refractivity contribution is -0.170. The first-order valence-corrected chi connectivity index (χ1v) is 12.7. The number of aromatic nitrogens is 1. The van der Waals surface area contributed by atoms with Crippen molar-refractivity contribution in [1.29, 1.82) is 0 Å². The number of β-lactam (4-membered cyclic amide) rings is 1. The van der Waals surface area contributed by atoms with Gasteiger partial charge < -0.3 is 16.0 Å². The molecule has 1 aromatic carbocycles. The fourth-order valence-electron chi connectivity index (χ4n) is 5.53. The van der Waals surface area contributed by atoms with Gasteiger partial charge in [-0.25, -0.2) is 9.78 Å². The van der Waals surface area contributed by atoms with E-state index in [0.717, 1.165) is 12.0 Å². The number of anilines is 2. The molecule has 2 fully saturated rings. The summed E-state index contributed by atoms with van der Waals surface area (Å²) in [7, 11) is 1.52. The molecule has 2 aliphatic rings. The van der Waals surface area contributed by atoms with Crippen molar-refractivity contribution >= 4 is 29.4 Å². The minimum atomic E-state index is -4.68. The summed E-state index contributed by atoms with van der Waals surface area (Å²) in [4.78, 5) is 46.0. The lowest BCUT2D eigenvalue weighted by Gasteiger charge is -2.46. The number of carbonyl (C=O) groups excluding carboxylic acids is 3. The Morgan fingerprint density at radius 2 is 1.87 bits per heavy atom. The molecule has 4 amide bonds. The minimum absolute atomic E-state index is 0.0820. The minimum Gasteiger partial charge on any atom is -0.384 e. The summed E-state index contributed by atoms with van der Waals surface area (Å²) < 4.78 is 42.0. The topological polar surface area (TPSA) is 109 Å². The number of carbonyl (C=O) groups is 3. The van der Waals surface area contributed by atoms with E-state index in [2.05, 4.69) is 10.3 Å². The standard InChI is InChI=1S/C27H32F3N5O3/c1-16-8-6-7-11-20(16)34(2)25(37)22-19(14-17-12-13-32-21(31)15-17)24(36)35(22)26(38)33-23(27(28,29)30)18-9-4-3-5-10-18/h6-8,11-13,15,18-19,22-23H,3-5,9-10,14H2,1-2H3,(H2,31,32)(H,33,38)/t19?,22-,23-/m0/s1. The number of imide groups is 1. The number of likely N-dealkylation sites (tertiary alicyclic amines) is 1. The second-order valence-corrected chi connectivity index (χ2v) is 10.1. The lowest BCUT2D eigenvalue weighted by atomic mass is 9.81. The Morgan fingerprint density at radius 1 is 1.18 bits per heavy atom. The fourth-order valence-corrected chi connectivity index (χ4v) is 5.53. The summed E-state index contributed by atoms with van der Waals surface area (Å²) in [6.07, 6.45) is -0.318. The first-order valence-electron chi connectivity index (χ1n) is 12.7. The number of aryl methyl sites for hydroxylation is 1. The van der Waals surface area contributed by atoms with Gasteiger partial charge in [0, 0.05) is 18.9 Å². The molecule has 1 aliphatic carbocycles. The molecule has 2 heterocycles. The average molecular weight is 532 g/mol. The number of amides is 4. The third kappa shape index (κ3) is 5.61. The van der Waals surface area contributed by atoms with Crippen molar-refractivity contribution in [2.75, 3.05) is 17.7 Å². The molecule has 8 nitrogen and oxygen atoms in total. The molecule has 3 atom stereocenters. The number of likely N-dealkylation sites (N-methyl/N-ethyl adjacent to an activating group) is 1. The highest BCUT2D eigenvalue weighted by Crippen LogP contribution is 2.37. The molecule has 1 saturated carbocycles. The number of pyridine rings is 1. The summed E-state index contributed by atoms with van der Waals surface area (Å²) in [5, 5.41) is 2.07. The predicted molar refractivity (Wildman–Crippen MR) is 136 cm³/mol. The van der Waals surface area contributed by atoms with Gasteiger partial charge in [-0.15, -0.1) is 0 Å². The Kier molecular flexibility index (Phi) is 7.94. The molecule has 1 unspecified atom stereocenters. The molecule has 1 saturated heterocycles. The first kappa shape index (κ1) is 27.4. The zero-order chi connectivity index (χ0) is 27.6. The number of benzene rings is 1. The summed E-state index contributed by atoms with van der Waals surface area (Å²) in [6.45, 7) is 1.81. The van der Waals surface area contributed by atoms with Crippen molar-refractivity contribution in [2.45, 2.75) is 63.7 Å². The van der Waals surface area contributed by atoms with Gasteiger partial charge in [-0.1, -0.05) is 37.5 Å². The van der Waals surface area contributed by atoms with Crippen LogP contribution in [-0.4, -0.2) is 53.0 Å². The number of hydrogen-bond donors (Lipinski definition) is 2. The molecule has 204 valence electrons. The molecule has 38 heavy (non-hydrogen) atoms. The zero-order valence-corrected chi connectivity index (χ0v) is 21.4. The normalized spacial score (nSPS) is 21.0. The average Bonchev–Trinajstić information content (AvgIpc) is 2.88. The number of nitrogen functional groups attached to an aromatic ring is 1. The second kappa shape index (κ2) is 11.0. The molecule has 2 aromatic rings. The van der Waals surface area contributed by atoms with Crippen molar-refractivity contribution in [3.8, 4) is 0 Å². The van der Waals surface area contributed by atoms with Crippen LogP contribution in [0.5, 0.6) is 0 Å². The van der Waals surface area contributed by atoms with Crippen molar-refractivity contribution < 1.29 is 27.6 Å². The van der Waals surface area contributed by atoms with Crippen molar-refractivity contribution in [3.05, 3.63) is 53.7 Å². The maximum absolute atomic E-state index is 14.0. The van der Waals surface area contributed by atoms with Crippen LogP contribution in [0.15, 0.2) is 42.6 Å². The highest BCUT2D eigenvalue weighted by molar-refractivity contribution is 6.12. The molecular weight excluding hydrogens is 499 g/mol. The van der Waals surface area contributed by atoms with Crippen LogP contribution in [0.25, 0.3) is 0 Å². The van der Waals surface area contributed by atoms with Crippen LogP contribution >= 0.6 is 0 Å². The highest BCUT2D eigenvalue weighted by Gasteiger charge is 2.57. The van der Waals surface area contributed by atoms with Gasteiger partial charge in [0.05, 0.1) is 5.92 Å². The largest absolute Gasteiger partial charge is 0.408 e. The number of hydrogen-bond acceptors (Lipinski definition) is 5. The molecule has 11 heteroatoms. The van der Waals surface area contributed by atoms with Crippen LogP contribution in [-0.2, 0) is 16.0 Å². The SMILES string of the molecule is Cc1ccccc1N(C)C(=O)[C@@H]1C(Cc2ccnc(N)c2)C(=O)N1C(=O)N[C@@H](C1CCCCC1)C(F)(F)F. The van der Waals surface area contributed by atoms with E-state index in [0.29, 0.717) is 41.8 Å². The van der Waals surface area contributed by atoms with Gasteiger partial charge >= 0.3 is 12.2 Å². The molecule has 0 radical (unpaired) electrons. The Morgan fingerprint density at radius 3 is 2.50 bits per heavy atom.